The van der Waals surface area contributed by atoms with Gasteiger partial charge >= 0.3 is 0 Å². The Morgan fingerprint density at radius 2 is 1.80 bits per heavy atom. The van der Waals surface area contributed by atoms with Gasteiger partial charge in [-0.3, -0.25) is 4.79 Å². The quantitative estimate of drug-likeness (QED) is 0.739. The minimum atomic E-state index is -4.10. The van der Waals surface area contributed by atoms with E-state index in [0.717, 1.165) is 12.1 Å². The molecule has 2 aromatic rings. The summed E-state index contributed by atoms with van der Waals surface area (Å²) in [4.78, 5) is 11.5. The van der Waals surface area contributed by atoms with Crippen LogP contribution in [0.3, 0.4) is 0 Å². The molecule has 0 aliphatic heterocycles. The first-order valence-corrected chi connectivity index (χ1v) is 8.74. The maximum Gasteiger partial charge on any atom is 0.251 e. The summed E-state index contributed by atoms with van der Waals surface area (Å²) in [6.45, 7) is 3.43. The van der Waals surface area contributed by atoms with E-state index in [2.05, 4.69) is 16.6 Å². The summed E-state index contributed by atoms with van der Waals surface area (Å²) in [5.41, 5.74) is 0.653. The normalized spacial score (nSPS) is 11.1. The molecule has 0 aliphatic carbocycles. The Morgan fingerprint density at radius 1 is 1.12 bits per heavy atom. The van der Waals surface area contributed by atoms with E-state index in [4.69, 9.17) is 0 Å². The average Bonchev–Trinajstić information content (AvgIpc) is 2.59. The molecular formula is C17H16F2N2O3S. The van der Waals surface area contributed by atoms with E-state index in [-0.39, 0.29) is 18.7 Å². The molecule has 1 amide bonds. The van der Waals surface area contributed by atoms with Gasteiger partial charge in [-0.05, 0) is 35.9 Å². The fraction of sp³-hybridized carbons (Fsp3) is 0.118. The Morgan fingerprint density at radius 3 is 2.44 bits per heavy atom. The SMILES string of the molecule is C=CCNS(=O)(=O)c1cc(C(=O)NCc2ccc(F)cc2)ccc1F. The lowest BCUT2D eigenvalue weighted by Gasteiger charge is -2.09. The van der Waals surface area contributed by atoms with E-state index in [1.54, 1.807) is 0 Å². The van der Waals surface area contributed by atoms with Crippen molar-refractivity contribution >= 4 is 15.9 Å². The second-order valence-corrected chi connectivity index (χ2v) is 6.83. The molecule has 0 aliphatic rings. The van der Waals surface area contributed by atoms with Gasteiger partial charge in [-0.2, -0.15) is 0 Å². The molecule has 0 atom stereocenters. The van der Waals surface area contributed by atoms with Gasteiger partial charge in [0.15, 0.2) is 0 Å². The number of rotatable bonds is 7. The fourth-order valence-corrected chi connectivity index (χ4v) is 3.08. The lowest BCUT2D eigenvalue weighted by atomic mass is 10.2. The number of nitrogens with one attached hydrogen (secondary N) is 2. The third kappa shape index (κ3) is 4.94. The van der Waals surface area contributed by atoms with E-state index >= 15 is 0 Å². The second kappa shape index (κ2) is 8.00. The van der Waals surface area contributed by atoms with E-state index < -0.39 is 32.5 Å². The molecule has 0 spiro atoms. The van der Waals surface area contributed by atoms with Crippen LogP contribution in [0.1, 0.15) is 15.9 Å². The molecule has 0 unspecified atom stereocenters. The highest BCUT2D eigenvalue weighted by Gasteiger charge is 2.20. The van der Waals surface area contributed by atoms with Gasteiger partial charge in [0, 0.05) is 18.7 Å². The summed E-state index contributed by atoms with van der Waals surface area (Å²) in [6.07, 6.45) is 1.31. The van der Waals surface area contributed by atoms with E-state index in [1.807, 2.05) is 0 Å². The van der Waals surface area contributed by atoms with Crippen molar-refractivity contribution in [3.05, 3.63) is 77.9 Å². The topological polar surface area (TPSA) is 75.3 Å². The second-order valence-electron chi connectivity index (χ2n) is 5.09. The van der Waals surface area contributed by atoms with Crippen molar-refractivity contribution in [3.63, 3.8) is 0 Å². The lowest BCUT2D eigenvalue weighted by molar-refractivity contribution is 0.0950. The van der Waals surface area contributed by atoms with Crippen molar-refractivity contribution in [2.24, 2.45) is 0 Å². The molecule has 0 aromatic heterocycles. The highest BCUT2D eigenvalue weighted by atomic mass is 32.2. The maximum absolute atomic E-state index is 13.8. The first-order chi connectivity index (χ1) is 11.8. The zero-order chi connectivity index (χ0) is 18.4. The predicted molar refractivity (Wildman–Crippen MR) is 89.4 cm³/mol. The highest BCUT2D eigenvalue weighted by Crippen LogP contribution is 2.16. The van der Waals surface area contributed by atoms with Gasteiger partial charge in [0.2, 0.25) is 10.0 Å². The number of sulfonamides is 1. The summed E-state index contributed by atoms with van der Waals surface area (Å²) in [6, 6.07) is 8.59. The van der Waals surface area contributed by atoms with Crippen LogP contribution in [0.15, 0.2) is 60.0 Å². The monoisotopic (exact) mass is 366 g/mol. The third-order valence-corrected chi connectivity index (χ3v) is 4.71. The van der Waals surface area contributed by atoms with Crippen LogP contribution < -0.4 is 10.0 Å². The molecular weight excluding hydrogens is 350 g/mol. The summed E-state index contributed by atoms with van der Waals surface area (Å²) in [7, 11) is -4.10. The zero-order valence-electron chi connectivity index (χ0n) is 13.1. The predicted octanol–water partition coefficient (Wildman–Crippen LogP) is 2.36. The van der Waals surface area contributed by atoms with Crippen molar-refractivity contribution in [3.8, 4) is 0 Å². The minimum Gasteiger partial charge on any atom is -0.348 e. The van der Waals surface area contributed by atoms with Gasteiger partial charge < -0.3 is 5.32 Å². The van der Waals surface area contributed by atoms with Crippen LogP contribution in [0.5, 0.6) is 0 Å². The molecule has 8 heteroatoms. The molecule has 0 bridgehead atoms. The molecule has 0 radical (unpaired) electrons. The summed E-state index contributed by atoms with van der Waals surface area (Å²) >= 11 is 0. The van der Waals surface area contributed by atoms with Gasteiger partial charge in [0.25, 0.3) is 5.91 Å². The van der Waals surface area contributed by atoms with Crippen LogP contribution in [0.4, 0.5) is 8.78 Å². The molecule has 0 saturated heterocycles. The van der Waals surface area contributed by atoms with Crippen molar-refractivity contribution in [2.75, 3.05) is 6.54 Å². The first kappa shape index (κ1) is 18.8. The summed E-state index contributed by atoms with van der Waals surface area (Å²) < 4.78 is 52.9. The molecule has 0 heterocycles. The molecule has 132 valence electrons. The number of benzene rings is 2. The van der Waals surface area contributed by atoms with Crippen molar-refractivity contribution in [2.45, 2.75) is 11.4 Å². The van der Waals surface area contributed by atoms with Gasteiger partial charge in [0.05, 0.1) is 0 Å². The number of hydrogen-bond donors (Lipinski definition) is 2. The van der Waals surface area contributed by atoms with Gasteiger partial charge in [-0.25, -0.2) is 21.9 Å². The maximum atomic E-state index is 13.8. The Balaban J connectivity index is 2.16. The van der Waals surface area contributed by atoms with Crippen LogP contribution in [-0.2, 0) is 16.6 Å². The number of hydrogen-bond acceptors (Lipinski definition) is 3. The smallest absolute Gasteiger partial charge is 0.251 e. The van der Waals surface area contributed by atoms with Crippen molar-refractivity contribution < 1.29 is 22.0 Å². The number of carbonyl (C=O) groups is 1. The van der Waals surface area contributed by atoms with Gasteiger partial charge in [0.1, 0.15) is 16.5 Å². The highest BCUT2D eigenvalue weighted by molar-refractivity contribution is 7.89. The molecule has 2 rings (SSSR count). The number of carbonyl (C=O) groups excluding carboxylic acids is 1. The first-order valence-electron chi connectivity index (χ1n) is 7.26. The summed E-state index contributed by atoms with van der Waals surface area (Å²) in [5.74, 6) is -1.94. The largest absolute Gasteiger partial charge is 0.348 e. The van der Waals surface area contributed by atoms with Crippen LogP contribution in [-0.4, -0.2) is 20.9 Å². The minimum absolute atomic E-state index is 0.0116. The van der Waals surface area contributed by atoms with Crippen LogP contribution in [0.25, 0.3) is 0 Å². The van der Waals surface area contributed by atoms with Crippen LogP contribution >= 0.6 is 0 Å². The Kier molecular flexibility index (Phi) is 6.00. The van der Waals surface area contributed by atoms with Gasteiger partial charge in [-0.15, -0.1) is 6.58 Å². The van der Waals surface area contributed by atoms with Crippen LogP contribution in [0.2, 0.25) is 0 Å². The summed E-state index contributed by atoms with van der Waals surface area (Å²) in [5, 5.41) is 2.56. The average molecular weight is 366 g/mol. The Labute approximate surface area is 144 Å². The standard InChI is InChI=1S/C17H16F2N2O3S/c1-2-9-21-25(23,24)16-10-13(5-8-15(16)19)17(22)20-11-12-3-6-14(18)7-4-12/h2-8,10,21H,1,9,11H2,(H,20,22). The molecule has 25 heavy (non-hydrogen) atoms. The van der Waals surface area contributed by atoms with E-state index in [9.17, 15) is 22.0 Å². The zero-order valence-corrected chi connectivity index (χ0v) is 13.9. The molecule has 0 saturated carbocycles. The fourth-order valence-electron chi connectivity index (χ4n) is 1.98. The van der Waals surface area contributed by atoms with Gasteiger partial charge in [-0.1, -0.05) is 18.2 Å². The molecule has 2 aromatic carbocycles. The van der Waals surface area contributed by atoms with E-state index in [0.29, 0.717) is 5.56 Å². The van der Waals surface area contributed by atoms with Crippen molar-refractivity contribution in [1.82, 2.24) is 10.0 Å². The number of halogens is 2. The molecule has 5 nitrogen and oxygen atoms in total. The lowest BCUT2D eigenvalue weighted by Crippen LogP contribution is -2.26. The molecule has 0 fully saturated rings. The van der Waals surface area contributed by atoms with Crippen molar-refractivity contribution in [1.29, 1.82) is 0 Å². The van der Waals surface area contributed by atoms with E-state index in [1.165, 1.54) is 36.4 Å². The van der Waals surface area contributed by atoms with Crippen LogP contribution in [0, 0.1) is 11.6 Å². The number of amides is 1. The Bertz CT molecular complexity index is 881. The third-order valence-electron chi connectivity index (χ3n) is 3.27. The Hall–Kier alpha value is -2.58. The molecule has 2 N–H and O–H groups in total.